The van der Waals surface area contributed by atoms with E-state index in [0.717, 1.165) is 11.8 Å². The lowest BCUT2D eigenvalue weighted by molar-refractivity contribution is -0.157. The van der Waals surface area contributed by atoms with Crippen molar-refractivity contribution in [3.63, 3.8) is 0 Å². The van der Waals surface area contributed by atoms with E-state index in [-0.39, 0.29) is 23.8 Å². The van der Waals surface area contributed by atoms with E-state index in [1.807, 2.05) is 0 Å². The second-order valence-electron chi connectivity index (χ2n) is 4.43. The second-order valence-corrected chi connectivity index (χ2v) is 5.37. The molecule has 1 aromatic rings. The van der Waals surface area contributed by atoms with Gasteiger partial charge in [-0.25, -0.2) is 9.89 Å². The van der Waals surface area contributed by atoms with Gasteiger partial charge in [0.25, 0.3) is 0 Å². The number of aromatic nitrogens is 3. The van der Waals surface area contributed by atoms with Crippen LogP contribution in [0.1, 0.15) is 20.8 Å². The summed E-state index contributed by atoms with van der Waals surface area (Å²) in [6.07, 6.45) is 0. The largest absolute Gasteiger partial charge is 0.465 e. The molecule has 19 heavy (non-hydrogen) atoms. The summed E-state index contributed by atoms with van der Waals surface area (Å²) < 4.78 is 6.16. The number of carbonyl (C=O) groups is 2. The smallest absolute Gasteiger partial charge is 0.343 e. The molecule has 0 spiro atoms. The molecule has 106 valence electrons. The number of nitrogens with one attached hydrogen (secondary N) is 1. The molecule has 1 heterocycles. The number of thioether (sulfide) groups is 1. The molecule has 0 amide bonds. The zero-order valence-electron chi connectivity index (χ0n) is 11.3. The van der Waals surface area contributed by atoms with Gasteiger partial charge in [-0.1, -0.05) is 11.8 Å². The average Bonchev–Trinajstić information content (AvgIpc) is 2.67. The number of rotatable bonds is 6. The Morgan fingerprint density at radius 1 is 1.47 bits per heavy atom. The summed E-state index contributed by atoms with van der Waals surface area (Å²) in [5.41, 5.74) is -1.54. The normalized spacial score (nSPS) is 11.4. The molecule has 8 heteroatoms. The van der Waals surface area contributed by atoms with Crippen LogP contribution < -0.4 is 5.69 Å². The van der Waals surface area contributed by atoms with Crippen molar-refractivity contribution in [1.29, 1.82) is 0 Å². The van der Waals surface area contributed by atoms with Gasteiger partial charge in [0, 0.05) is 7.05 Å². The molecule has 0 aromatic carbocycles. The third-order valence-corrected chi connectivity index (χ3v) is 3.68. The predicted octanol–water partition coefficient (Wildman–Crippen LogP) is 0.359. The zero-order valence-corrected chi connectivity index (χ0v) is 12.2. The molecule has 1 N–H and O–H groups in total. The Kier molecular flexibility index (Phi) is 4.93. The van der Waals surface area contributed by atoms with E-state index >= 15 is 0 Å². The van der Waals surface area contributed by atoms with Crippen LogP contribution in [0.25, 0.3) is 0 Å². The van der Waals surface area contributed by atoms with E-state index in [1.54, 1.807) is 14.0 Å². The minimum atomic E-state index is -1.20. The van der Waals surface area contributed by atoms with Crippen LogP contribution in [-0.4, -0.2) is 38.9 Å². The van der Waals surface area contributed by atoms with Crippen molar-refractivity contribution in [2.45, 2.75) is 25.9 Å². The summed E-state index contributed by atoms with van der Waals surface area (Å²) in [5.74, 6) is -0.771. The highest BCUT2D eigenvalue weighted by Crippen LogP contribution is 2.23. The van der Waals surface area contributed by atoms with Gasteiger partial charge < -0.3 is 4.74 Å². The number of esters is 1. The first kappa shape index (κ1) is 15.5. The van der Waals surface area contributed by atoms with E-state index in [4.69, 9.17) is 4.74 Å². The quantitative estimate of drug-likeness (QED) is 0.461. The zero-order chi connectivity index (χ0) is 14.6. The molecule has 1 rings (SSSR count). The monoisotopic (exact) mass is 287 g/mol. The Hall–Kier alpha value is -1.57. The maximum atomic E-state index is 12.0. The van der Waals surface area contributed by atoms with Gasteiger partial charge in [-0.3, -0.25) is 14.2 Å². The number of aromatic amines is 1. The average molecular weight is 287 g/mol. The lowest BCUT2D eigenvalue weighted by Crippen LogP contribution is -2.36. The van der Waals surface area contributed by atoms with Gasteiger partial charge in [-0.15, -0.1) is 5.10 Å². The second kappa shape index (κ2) is 6.05. The minimum absolute atomic E-state index is 0.0456. The molecule has 0 unspecified atom stereocenters. The van der Waals surface area contributed by atoms with Crippen LogP contribution in [0.5, 0.6) is 0 Å². The lowest BCUT2D eigenvalue weighted by Gasteiger charge is -2.20. The van der Waals surface area contributed by atoms with Gasteiger partial charge in [-0.2, -0.15) is 0 Å². The highest BCUT2D eigenvalue weighted by molar-refractivity contribution is 7.99. The van der Waals surface area contributed by atoms with Crippen molar-refractivity contribution in [3.05, 3.63) is 10.5 Å². The van der Waals surface area contributed by atoms with Gasteiger partial charge in [0.15, 0.2) is 10.9 Å². The molecule has 0 aliphatic heterocycles. The Bertz CT molecular complexity index is 532. The first-order valence-corrected chi connectivity index (χ1v) is 6.74. The van der Waals surface area contributed by atoms with Crippen molar-refractivity contribution in [2.24, 2.45) is 12.5 Å². The van der Waals surface area contributed by atoms with Crippen LogP contribution >= 0.6 is 11.8 Å². The SMILES string of the molecule is CCOC(=O)C(C)(C)C(=O)CSc1n[nH]c(=O)n1C. The van der Waals surface area contributed by atoms with Crippen molar-refractivity contribution in [2.75, 3.05) is 12.4 Å². The van der Waals surface area contributed by atoms with Crippen LogP contribution in [0, 0.1) is 5.41 Å². The topological polar surface area (TPSA) is 94.1 Å². The minimum Gasteiger partial charge on any atom is -0.465 e. The summed E-state index contributed by atoms with van der Waals surface area (Å²) in [5, 5.41) is 6.45. The number of carbonyl (C=O) groups excluding carboxylic acids is 2. The Morgan fingerprint density at radius 3 is 2.58 bits per heavy atom. The van der Waals surface area contributed by atoms with Gasteiger partial charge >= 0.3 is 11.7 Å². The van der Waals surface area contributed by atoms with E-state index in [9.17, 15) is 14.4 Å². The summed E-state index contributed by atoms with van der Waals surface area (Å²) in [7, 11) is 1.55. The van der Waals surface area contributed by atoms with Crippen molar-refractivity contribution < 1.29 is 14.3 Å². The highest BCUT2D eigenvalue weighted by Gasteiger charge is 2.37. The number of hydrogen-bond acceptors (Lipinski definition) is 6. The van der Waals surface area contributed by atoms with Gasteiger partial charge in [0.1, 0.15) is 5.41 Å². The number of Topliss-reactive ketones (excluding diaryl/α,β-unsaturated/α-hetero) is 1. The van der Waals surface area contributed by atoms with E-state index in [0.29, 0.717) is 5.16 Å². The standard InChI is InChI=1S/C11H17N3O4S/c1-5-18-8(16)11(2,3)7(15)6-19-10-13-12-9(17)14(10)4/h5-6H2,1-4H3,(H,12,17). The number of hydrogen-bond donors (Lipinski definition) is 1. The van der Waals surface area contributed by atoms with E-state index < -0.39 is 11.4 Å². The molecule has 0 aliphatic rings. The third-order valence-electron chi connectivity index (χ3n) is 2.65. The van der Waals surface area contributed by atoms with Crippen molar-refractivity contribution in [1.82, 2.24) is 14.8 Å². The maximum Gasteiger partial charge on any atom is 0.343 e. The van der Waals surface area contributed by atoms with Crippen LogP contribution in [0.15, 0.2) is 9.95 Å². The van der Waals surface area contributed by atoms with Crippen molar-refractivity contribution in [3.8, 4) is 0 Å². The molecule has 7 nitrogen and oxygen atoms in total. The first-order valence-electron chi connectivity index (χ1n) is 5.75. The Balaban J connectivity index is 2.67. The van der Waals surface area contributed by atoms with Gasteiger partial charge in [-0.05, 0) is 20.8 Å². The Morgan fingerprint density at radius 2 is 2.11 bits per heavy atom. The molecule has 0 saturated carbocycles. The van der Waals surface area contributed by atoms with Crippen LogP contribution in [0.4, 0.5) is 0 Å². The number of nitrogens with zero attached hydrogens (tertiary/aromatic N) is 2. The molecule has 0 atom stereocenters. The fourth-order valence-electron chi connectivity index (χ4n) is 1.20. The fraction of sp³-hybridized carbons (Fsp3) is 0.636. The van der Waals surface area contributed by atoms with E-state index in [1.165, 1.54) is 18.4 Å². The van der Waals surface area contributed by atoms with E-state index in [2.05, 4.69) is 10.2 Å². The third kappa shape index (κ3) is 3.46. The molecule has 0 fully saturated rings. The van der Waals surface area contributed by atoms with Crippen LogP contribution in [-0.2, 0) is 21.4 Å². The summed E-state index contributed by atoms with van der Waals surface area (Å²) in [6, 6.07) is 0. The molecule has 1 aromatic heterocycles. The predicted molar refractivity (Wildman–Crippen MR) is 70.0 cm³/mol. The summed E-state index contributed by atoms with van der Waals surface area (Å²) in [6.45, 7) is 4.97. The highest BCUT2D eigenvalue weighted by atomic mass is 32.2. The molecular formula is C11H17N3O4S. The lowest BCUT2D eigenvalue weighted by atomic mass is 9.89. The summed E-state index contributed by atoms with van der Waals surface area (Å²) >= 11 is 1.10. The Labute approximate surface area is 114 Å². The van der Waals surface area contributed by atoms with Gasteiger partial charge in [0.2, 0.25) is 0 Å². The molecular weight excluding hydrogens is 270 g/mol. The summed E-state index contributed by atoms with van der Waals surface area (Å²) in [4.78, 5) is 34.8. The van der Waals surface area contributed by atoms with Gasteiger partial charge in [0.05, 0.1) is 12.4 Å². The maximum absolute atomic E-state index is 12.0. The first-order chi connectivity index (χ1) is 8.80. The number of ether oxygens (including phenoxy) is 1. The van der Waals surface area contributed by atoms with Crippen molar-refractivity contribution >= 4 is 23.5 Å². The molecule has 0 radical (unpaired) electrons. The van der Waals surface area contributed by atoms with Crippen LogP contribution in [0.3, 0.4) is 0 Å². The number of H-pyrrole nitrogens is 1. The number of ketones is 1. The molecule has 0 bridgehead atoms. The molecule has 0 saturated heterocycles. The fourth-order valence-corrected chi connectivity index (χ4v) is 2.21. The van der Waals surface area contributed by atoms with Crippen LogP contribution in [0.2, 0.25) is 0 Å². The molecule has 0 aliphatic carbocycles.